The van der Waals surface area contributed by atoms with E-state index in [0.29, 0.717) is 5.56 Å². The average molecular weight is 152 g/mol. The molecule has 0 fully saturated rings. The smallest absolute Gasteiger partial charge is 0.0999 e. The van der Waals surface area contributed by atoms with E-state index in [-0.39, 0.29) is 11.1 Å². The van der Waals surface area contributed by atoms with Gasteiger partial charge >= 0.3 is 0 Å². The monoisotopic (exact) mass is 152 g/mol. The lowest BCUT2D eigenvalue weighted by atomic mass is 10.1. The predicted octanol–water partition coefficient (Wildman–Crippen LogP) is 1.10. The van der Waals surface area contributed by atoms with E-state index in [4.69, 9.17) is 15.8 Å². The second-order valence-corrected chi connectivity index (χ2v) is 2.03. The highest BCUT2D eigenvalue weighted by atomic mass is 14.3. The molecule has 3 nitrogen and oxygen atoms in total. The molecule has 12 heavy (non-hydrogen) atoms. The summed E-state index contributed by atoms with van der Waals surface area (Å²) in [7, 11) is 0. The van der Waals surface area contributed by atoms with Gasteiger partial charge in [0.1, 0.15) is 0 Å². The zero-order valence-electron chi connectivity index (χ0n) is 6.00. The van der Waals surface area contributed by atoms with Crippen LogP contribution in [0, 0.1) is 40.1 Å². The SMILES string of the molecule is N#Cc1[c]c(C#N)cc(C#N)c1. The van der Waals surface area contributed by atoms with E-state index in [9.17, 15) is 0 Å². The van der Waals surface area contributed by atoms with Gasteiger partial charge in [-0.05, 0) is 12.1 Å². The summed E-state index contributed by atoms with van der Waals surface area (Å²) in [5.41, 5.74) is 0.734. The molecule has 3 heteroatoms. The summed E-state index contributed by atoms with van der Waals surface area (Å²) in [5, 5.41) is 25.4. The van der Waals surface area contributed by atoms with Gasteiger partial charge in [0.2, 0.25) is 0 Å². The van der Waals surface area contributed by atoms with Gasteiger partial charge in [-0.1, -0.05) is 0 Å². The molecule has 0 saturated carbocycles. The van der Waals surface area contributed by atoms with E-state index in [0.717, 1.165) is 0 Å². The Morgan fingerprint density at radius 2 is 1.42 bits per heavy atom. The zero-order valence-corrected chi connectivity index (χ0v) is 6.00. The summed E-state index contributed by atoms with van der Waals surface area (Å²) in [5.74, 6) is 0. The van der Waals surface area contributed by atoms with Crippen LogP contribution in [0.1, 0.15) is 16.7 Å². The molecule has 1 aromatic rings. The first-order valence-corrected chi connectivity index (χ1v) is 3.08. The van der Waals surface area contributed by atoms with Gasteiger partial charge in [0.25, 0.3) is 0 Å². The van der Waals surface area contributed by atoms with Crippen molar-refractivity contribution in [1.29, 1.82) is 15.8 Å². The van der Waals surface area contributed by atoms with Crippen LogP contribution in [0.2, 0.25) is 0 Å². The molecule has 53 valence electrons. The Morgan fingerprint density at radius 1 is 0.917 bits per heavy atom. The topological polar surface area (TPSA) is 71.4 Å². The summed E-state index contributed by atoms with van der Waals surface area (Å²) >= 11 is 0. The maximum absolute atomic E-state index is 8.49. The van der Waals surface area contributed by atoms with E-state index >= 15 is 0 Å². The Hall–Kier alpha value is -2.31. The lowest BCUT2D eigenvalue weighted by molar-refractivity contribution is 1.41. The summed E-state index contributed by atoms with van der Waals surface area (Å²) in [4.78, 5) is 0. The van der Waals surface area contributed by atoms with Gasteiger partial charge in [-0.15, -0.1) is 0 Å². The van der Waals surface area contributed by atoms with Crippen LogP contribution < -0.4 is 0 Å². The molecule has 0 saturated heterocycles. The van der Waals surface area contributed by atoms with Gasteiger partial charge in [0, 0.05) is 6.07 Å². The van der Waals surface area contributed by atoms with Crippen LogP contribution in [0.3, 0.4) is 0 Å². The van der Waals surface area contributed by atoms with Gasteiger partial charge in [-0.25, -0.2) is 0 Å². The minimum Gasteiger partial charge on any atom is -0.192 e. The number of benzene rings is 1. The fraction of sp³-hybridized carbons (Fsp3) is 0. The Labute approximate surface area is 69.7 Å². The molecular weight excluding hydrogens is 150 g/mol. The summed E-state index contributed by atoms with van der Waals surface area (Å²) in [6.07, 6.45) is 0. The second-order valence-electron chi connectivity index (χ2n) is 2.03. The van der Waals surface area contributed by atoms with Gasteiger partial charge in [0.05, 0.1) is 34.9 Å². The molecule has 0 amide bonds. The third-order valence-electron chi connectivity index (χ3n) is 1.24. The van der Waals surface area contributed by atoms with Crippen molar-refractivity contribution in [3.05, 3.63) is 34.9 Å². The van der Waals surface area contributed by atoms with Crippen LogP contribution in [-0.2, 0) is 0 Å². The highest BCUT2D eigenvalue weighted by Crippen LogP contribution is 2.06. The largest absolute Gasteiger partial charge is 0.192 e. The number of rotatable bonds is 0. The van der Waals surface area contributed by atoms with E-state index in [1.807, 2.05) is 18.2 Å². The number of hydrogen-bond acceptors (Lipinski definition) is 3. The molecule has 0 N–H and O–H groups in total. The molecule has 1 rings (SSSR count). The zero-order chi connectivity index (χ0) is 8.97. The van der Waals surface area contributed by atoms with Crippen molar-refractivity contribution >= 4 is 0 Å². The lowest BCUT2D eigenvalue weighted by Crippen LogP contribution is -1.83. The average Bonchev–Trinajstić information content (AvgIpc) is 2.16. The van der Waals surface area contributed by atoms with E-state index in [1.54, 1.807) is 0 Å². The standard InChI is InChI=1S/C9H2N3/c10-4-7-1-8(5-11)3-9(2-7)6-12/h1-2H. The first-order chi connectivity index (χ1) is 5.80. The molecule has 0 aliphatic rings. The maximum atomic E-state index is 8.49. The van der Waals surface area contributed by atoms with Crippen molar-refractivity contribution in [3.63, 3.8) is 0 Å². The molecule has 1 aromatic carbocycles. The lowest BCUT2D eigenvalue weighted by Gasteiger charge is -1.90. The van der Waals surface area contributed by atoms with Crippen molar-refractivity contribution in [1.82, 2.24) is 0 Å². The highest BCUT2D eigenvalue weighted by molar-refractivity contribution is 5.45. The fourth-order valence-corrected chi connectivity index (χ4v) is 0.755. The van der Waals surface area contributed by atoms with Gasteiger partial charge < -0.3 is 0 Å². The summed E-state index contributed by atoms with van der Waals surface area (Å²) in [6, 6.07) is 10.8. The molecular formula is C9H2N3. The van der Waals surface area contributed by atoms with Gasteiger partial charge in [-0.2, -0.15) is 15.8 Å². The molecule has 1 radical (unpaired) electrons. The van der Waals surface area contributed by atoms with Crippen LogP contribution >= 0.6 is 0 Å². The summed E-state index contributed by atoms with van der Waals surface area (Å²) < 4.78 is 0. The van der Waals surface area contributed by atoms with Gasteiger partial charge in [-0.3, -0.25) is 0 Å². The third kappa shape index (κ3) is 1.40. The molecule has 0 aliphatic heterocycles. The van der Waals surface area contributed by atoms with Crippen molar-refractivity contribution in [2.45, 2.75) is 0 Å². The van der Waals surface area contributed by atoms with Crippen LogP contribution in [-0.4, -0.2) is 0 Å². The molecule has 0 heterocycles. The summed E-state index contributed by atoms with van der Waals surface area (Å²) in [6.45, 7) is 0. The van der Waals surface area contributed by atoms with Gasteiger partial charge in [0.15, 0.2) is 0 Å². The Bertz CT molecular complexity index is 348. The molecule has 0 bridgehead atoms. The van der Waals surface area contributed by atoms with E-state index in [1.165, 1.54) is 12.1 Å². The van der Waals surface area contributed by atoms with E-state index < -0.39 is 0 Å². The van der Waals surface area contributed by atoms with Crippen molar-refractivity contribution in [2.24, 2.45) is 0 Å². The Morgan fingerprint density at radius 3 is 1.75 bits per heavy atom. The minimum absolute atomic E-state index is 0.214. The van der Waals surface area contributed by atoms with Crippen LogP contribution in [0.5, 0.6) is 0 Å². The maximum Gasteiger partial charge on any atom is 0.0999 e. The van der Waals surface area contributed by atoms with E-state index in [2.05, 4.69) is 6.07 Å². The number of nitrogens with zero attached hydrogens (tertiary/aromatic N) is 3. The normalized spacial score (nSPS) is 7.75. The minimum atomic E-state index is 0.214. The van der Waals surface area contributed by atoms with Crippen molar-refractivity contribution in [3.8, 4) is 18.2 Å². The highest BCUT2D eigenvalue weighted by Gasteiger charge is 1.99. The molecule has 0 atom stereocenters. The molecule has 0 aliphatic carbocycles. The molecule has 0 unspecified atom stereocenters. The first kappa shape index (κ1) is 7.79. The third-order valence-corrected chi connectivity index (χ3v) is 1.24. The van der Waals surface area contributed by atoms with Crippen molar-refractivity contribution < 1.29 is 0 Å². The van der Waals surface area contributed by atoms with Crippen molar-refractivity contribution in [2.75, 3.05) is 0 Å². The fourth-order valence-electron chi connectivity index (χ4n) is 0.755. The molecule has 0 spiro atoms. The predicted molar refractivity (Wildman–Crippen MR) is 39.4 cm³/mol. The number of nitriles is 3. The second kappa shape index (κ2) is 3.19. The Balaban J connectivity index is 3.36. The Kier molecular flexibility index (Phi) is 2.07. The molecule has 0 aromatic heterocycles. The first-order valence-electron chi connectivity index (χ1n) is 3.08. The van der Waals surface area contributed by atoms with Crippen LogP contribution in [0.15, 0.2) is 12.1 Å². The van der Waals surface area contributed by atoms with Crippen LogP contribution in [0.25, 0.3) is 0 Å². The van der Waals surface area contributed by atoms with Crippen LogP contribution in [0.4, 0.5) is 0 Å². The number of hydrogen-bond donors (Lipinski definition) is 0. The quantitative estimate of drug-likeness (QED) is 0.558.